The summed E-state index contributed by atoms with van der Waals surface area (Å²) in [6.45, 7) is 4.44. The minimum Gasteiger partial charge on any atom is -0.459 e. The van der Waals surface area contributed by atoms with Crippen molar-refractivity contribution in [3.63, 3.8) is 0 Å². The molecule has 0 bridgehead atoms. The highest BCUT2D eigenvalue weighted by atomic mass is 16.7. The highest BCUT2D eigenvalue weighted by Gasteiger charge is 2.20. The molecule has 0 atom stereocenters. The molecule has 1 aliphatic rings. The molecule has 1 aromatic carbocycles. The molecule has 0 radical (unpaired) electrons. The lowest BCUT2D eigenvalue weighted by Gasteiger charge is -2.02. The lowest BCUT2D eigenvalue weighted by atomic mass is 10.1. The van der Waals surface area contributed by atoms with Crippen molar-refractivity contribution < 1.29 is 18.6 Å². The zero-order chi connectivity index (χ0) is 13.2. The van der Waals surface area contributed by atoms with Gasteiger partial charge in [-0.25, -0.2) is 0 Å². The zero-order valence-electron chi connectivity index (χ0n) is 11.1. The summed E-state index contributed by atoms with van der Waals surface area (Å²) in [5, 5.41) is 4.30. The molecule has 0 aliphatic carbocycles. The van der Waals surface area contributed by atoms with Crippen molar-refractivity contribution in [2.75, 3.05) is 20.4 Å². The minimum absolute atomic E-state index is 0.270. The molecule has 2 heterocycles. The van der Waals surface area contributed by atoms with Gasteiger partial charge in [0, 0.05) is 24.1 Å². The Morgan fingerprint density at radius 2 is 2.05 bits per heavy atom. The number of hydrogen-bond acceptors (Lipinski definition) is 5. The van der Waals surface area contributed by atoms with Crippen LogP contribution in [0.25, 0.3) is 11.0 Å². The van der Waals surface area contributed by atoms with E-state index < -0.39 is 0 Å². The Bertz CT molecular complexity index is 591. The van der Waals surface area contributed by atoms with E-state index in [1.165, 1.54) is 0 Å². The first-order chi connectivity index (χ1) is 9.33. The van der Waals surface area contributed by atoms with E-state index in [-0.39, 0.29) is 6.79 Å². The van der Waals surface area contributed by atoms with Crippen LogP contribution in [-0.4, -0.2) is 20.4 Å². The Morgan fingerprint density at radius 1 is 1.26 bits per heavy atom. The molecule has 0 fully saturated rings. The van der Waals surface area contributed by atoms with Crippen molar-refractivity contribution in [3.05, 3.63) is 23.5 Å². The Labute approximate surface area is 111 Å². The molecule has 3 rings (SSSR count). The predicted molar refractivity (Wildman–Crippen MR) is 70.4 cm³/mol. The van der Waals surface area contributed by atoms with E-state index >= 15 is 0 Å². The second kappa shape index (κ2) is 5.11. The van der Waals surface area contributed by atoms with Crippen LogP contribution >= 0.6 is 0 Å². The Morgan fingerprint density at radius 3 is 2.79 bits per heavy atom. The number of rotatable bonds is 5. The lowest BCUT2D eigenvalue weighted by molar-refractivity contribution is 0.174. The zero-order valence-corrected chi connectivity index (χ0v) is 11.1. The molecule has 102 valence electrons. The summed E-state index contributed by atoms with van der Waals surface area (Å²) in [5.41, 5.74) is 1.88. The third-order valence-electron chi connectivity index (χ3n) is 3.19. The van der Waals surface area contributed by atoms with Gasteiger partial charge in [0.1, 0.15) is 11.3 Å². The molecule has 19 heavy (non-hydrogen) atoms. The summed E-state index contributed by atoms with van der Waals surface area (Å²) in [6.07, 6.45) is 0. The fourth-order valence-corrected chi connectivity index (χ4v) is 2.27. The van der Waals surface area contributed by atoms with Gasteiger partial charge in [0.2, 0.25) is 6.79 Å². The van der Waals surface area contributed by atoms with Crippen LogP contribution in [0.15, 0.2) is 16.5 Å². The first-order valence-electron chi connectivity index (χ1n) is 6.37. The van der Waals surface area contributed by atoms with Gasteiger partial charge in [-0.05, 0) is 12.6 Å². The normalized spacial score (nSPS) is 13.4. The maximum absolute atomic E-state index is 5.90. The number of fused-ring (bicyclic) bond motifs is 2. The maximum Gasteiger partial charge on any atom is 0.231 e. The van der Waals surface area contributed by atoms with Crippen LogP contribution in [0.2, 0.25) is 0 Å². The molecule has 2 aromatic rings. The third kappa shape index (κ3) is 2.15. The van der Waals surface area contributed by atoms with E-state index in [2.05, 4.69) is 12.2 Å². The standard InChI is InChI=1S/C14H17NO4/c1-3-15-6-14-10(7-16-2)9-4-12-13(18-8-17-12)5-11(9)19-14/h4-5,15H,3,6-8H2,1-2H3. The van der Waals surface area contributed by atoms with Crippen molar-refractivity contribution in [1.82, 2.24) is 5.32 Å². The highest BCUT2D eigenvalue weighted by Crippen LogP contribution is 2.39. The monoisotopic (exact) mass is 263 g/mol. The topological polar surface area (TPSA) is 52.9 Å². The average molecular weight is 263 g/mol. The van der Waals surface area contributed by atoms with Crippen molar-refractivity contribution in [2.24, 2.45) is 0 Å². The van der Waals surface area contributed by atoms with Gasteiger partial charge in [0.15, 0.2) is 11.5 Å². The molecule has 0 spiro atoms. The number of furan rings is 1. The molecule has 0 saturated heterocycles. The molecular formula is C14H17NO4. The summed E-state index contributed by atoms with van der Waals surface area (Å²) in [4.78, 5) is 0. The quantitative estimate of drug-likeness (QED) is 0.897. The number of methoxy groups -OCH3 is 1. The number of ether oxygens (including phenoxy) is 3. The fourth-order valence-electron chi connectivity index (χ4n) is 2.27. The number of benzene rings is 1. The predicted octanol–water partition coefficient (Wildman–Crippen LogP) is 2.42. The van der Waals surface area contributed by atoms with Crippen LogP contribution in [0, 0.1) is 0 Å². The van der Waals surface area contributed by atoms with Gasteiger partial charge in [-0.1, -0.05) is 6.92 Å². The molecular weight excluding hydrogens is 246 g/mol. The smallest absolute Gasteiger partial charge is 0.231 e. The summed E-state index contributed by atoms with van der Waals surface area (Å²) in [6, 6.07) is 3.84. The van der Waals surface area contributed by atoms with Crippen LogP contribution in [0.1, 0.15) is 18.2 Å². The van der Waals surface area contributed by atoms with E-state index in [4.69, 9.17) is 18.6 Å². The van der Waals surface area contributed by atoms with Crippen LogP contribution in [0.3, 0.4) is 0 Å². The van der Waals surface area contributed by atoms with Gasteiger partial charge in [-0.15, -0.1) is 0 Å². The SMILES string of the molecule is CCNCc1oc2cc3c(cc2c1COC)OCO3. The fraction of sp³-hybridized carbons (Fsp3) is 0.429. The van der Waals surface area contributed by atoms with Crippen molar-refractivity contribution >= 4 is 11.0 Å². The lowest BCUT2D eigenvalue weighted by Crippen LogP contribution is -2.12. The number of nitrogens with one attached hydrogen (secondary N) is 1. The van der Waals surface area contributed by atoms with Crippen molar-refractivity contribution in [1.29, 1.82) is 0 Å². The van der Waals surface area contributed by atoms with Crippen LogP contribution in [-0.2, 0) is 17.9 Å². The Balaban J connectivity index is 2.08. The summed E-state index contributed by atoms with van der Waals surface area (Å²) < 4.78 is 22.0. The molecule has 0 unspecified atom stereocenters. The summed E-state index contributed by atoms with van der Waals surface area (Å²) in [5.74, 6) is 2.41. The first kappa shape index (κ1) is 12.3. The second-order valence-electron chi connectivity index (χ2n) is 4.42. The molecule has 0 amide bonds. The van der Waals surface area contributed by atoms with E-state index in [1.807, 2.05) is 12.1 Å². The third-order valence-corrected chi connectivity index (χ3v) is 3.19. The van der Waals surface area contributed by atoms with Gasteiger partial charge < -0.3 is 23.9 Å². The largest absolute Gasteiger partial charge is 0.459 e. The van der Waals surface area contributed by atoms with E-state index in [9.17, 15) is 0 Å². The second-order valence-corrected chi connectivity index (χ2v) is 4.42. The molecule has 5 heteroatoms. The summed E-state index contributed by atoms with van der Waals surface area (Å²) >= 11 is 0. The van der Waals surface area contributed by atoms with Crippen LogP contribution in [0.4, 0.5) is 0 Å². The van der Waals surface area contributed by atoms with E-state index in [0.717, 1.165) is 40.3 Å². The Hall–Kier alpha value is -1.72. The van der Waals surface area contributed by atoms with Gasteiger partial charge in [-0.2, -0.15) is 0 Å². The molecule has 1 aromatic heterocycles. The molecule has 1 N–H and O–H groups in total. The van der Waals surface area contributed by atoms with Gasteiger partial charge in [0.25, 0.3) is 0 Å². The van der Waals surface area contributed by atoms with E-state index in [0.29, 0.717) is 13.2 Å². The molecule has 0 saturated carbocycles. The molecule has 1 aliphatic heterocycles. The first-order valence-corrected chi connectivity index (χ1v) is 6.37. The minimum atomic E-state index is 0.270. The van der Waals surface area contributed by atoms with Crippen molar-refractivity contribution in [2.45, 2.75) is 20.1 Å². The Kier molecular flexibility index (Phi) is 3.31. The van der Waals surface area contributed by atoms with E-state index in [1.54, 1.807) is 7.11 Å². The molecule has 5 nitrogen and oxygen atoms in total. The van der Waals surface area contributed by atoms with Crippen molar-refractivity contribution in [3.8, 4) is 11.5 Å². The maximum atomic E-state index is 5.90. The van der Waals surface area contributed by atoms with Crippen LogP contribution < -0.4 is 14.8 Å². The van der Waals surface area contributed by atoms with Gasteiger partial charge in [0.05, 0.1) is 13.2 Å². The average Bonchev–Trinajstić information content (AvgIpc) is 2.99. The van der Waals surface area contributed by atoms with Crippen LogP contribution in [0.5, 0.6) is 11.5 Å². The summed E-state index contributed by atoms with van der Waals surface area (Å²) in [7, 11) is 1.68. The highest BCUT2D eigenvalue weighted by molar-refractivity contribution is 5.86. The number of hydrogen-bond donors (Lipinski definition) is 1. The van der Waals surface area contributed by atoms with Gasteiger partial charge >= 0.3 is 0 Å². The van der Waals surface area contributed by atoms with Gasteiger partial charge in [-0.3, -0.25) is 0 Å².